The second-order valence-corrected chi connectivity index (χ2v) is 9.54. The summed E-state index contributed by atoms with van der Waals surface area (Å²) in [4.78, 5) is 41.5. The maximum absolute atomic E-state index is 15.1. The largest absolute Gasteiger partial charge is 0.467 e. The van der Waals surface area contributed by atoms with Crippen molar-refractivity contribution < 1.29 is 32.7 Å². The van der Waals surface area contributed by atoms with Gasteiger partial charge in [0.1, 0.15) is 17.6 Å². The maximum Gasteiger partial charge on any atom is 0.261 e. The monoisotopic (exact) mass is 549 g/mol. The highest BCUT2D eigenvalue weighted by molar-refractivity contribution is 7.12. The van der Waals surface area contributed by atoms with Gasteiger partial charge in [0.25, 0.3) is 5.91 Å². The Hall–Kier alpha value is -4.64. The molecule has 1 aliphatic rings. The number of carbonyl (C=O) groups is 3. The molecule has 39 heavy (non-hydrogen) atoms. The Balaban J connectivity index is 1.46. The quantitative estimate of drug-likeness (QED) is 0.309. The van der Waals surface area contributed by atoms with Crippen LogP contribution in [-0.4, -0.2) is 36.0 Å². The van der Waals surface area contributed by atoms with Gasteiger partial charge >= 0.3 is 0 Å². The number of thiophene rings is 1. The second-order valence-electron chi connectivity index (χ2n) is 8.59. The molecular formula is C28H24FN3O6S. The number of fused-ring (bicyclic) bond motifs is 1. The summed E-state index contributed by atoms with van der Waals surface area (Å²) in [6, 6.07) is 16.3. The summed E-state index contributed by atoms with van der Waals surface area (Å²) < 4.78 is 31.2. The molecule has 1 atom stereocenters. The molecule has 0 saturated heterocycles. The second kappa shape index (κ2) is 11.8. The highest BCUT2D eigenvalue weighted by Gasteiger charge is 2.34. The van der Waals surface area contributed by atoms with E-state index in [1.54, 1.807) is 53.9 Å². The molecule has 2 aromatic heterocycles. The van der Waals surface area contributed by atoms with Gasteiger partial charge in [-0.05, 0) is 47.3 Å². The molecule has 0 aliphatic carbocycles. The Bertz CT molecular complexity index is 1460. The number of hydrogen-bond donors (Lipinski definition) is 2. The molecule has 1 aliphatic heterocycles. The van der Waals surface area contributed by atoms with E-state index in [-0.39, 0.29) is 25.4 Å². The zero-order valence-corrected chi connectivity index (χ0v) is 21.4. The fourth-order valence-corrected chi connectivity index (χ4v) is 4.78. The lowest BCUT2D eigenvalue weighted by atomic mass is 10.0. The first kappa shape index (κ1) is 26.0. The summed E-state index contributed by atoms with van der Waals surface area (Å²) in [6.45, 7) is -0.365. The van der Waals surface area contributed by atoms with Gasteiger partial charge in [0.15, 0.2) is 11.5 Å². The third kappa shape index (κ3) is 6.10. The minimum Gasteiger partial charge on any atom is -0.467 e. The number of rotatable bonds is 10. The molecule has 0 spiro atoms. The van der Waals surface area contributed by atoms with E-state index in [4.69, 9.17) is 13.9 Å². The van der Waals surface area contributed by atoms with Gasteiger partial charge in [-0.3, -0.25) is 14.4 Å². The van der Waals surface area contributed by atoms with Gasteiger partial charge in [-0.15, -0.1) is 11.3 Å². The first-order valence-corrected chi connectivity index (χ1v) is 12.9. The number of benzene rings is 2. The van der Waals surface area contributed by atoms with Crippen LogP contribution >= 0.6 is 11.3 Å². The lowest BCUT2D eigenvalue weighted by Crippen LogP contribution is -2.47. The third-order valence-corrected chi connectivity index (χ3v) is 6.90. The smallest absolute Gasteiger partial charge is 0.261 e. The summed E-state index contributed by atoms with van der Waals surface area (Å²) in [6.07, 6.45) is 1.47. The van der Waals surface area contributed by atoms with Crippen molar-refractivity contribution in [3.63, 3.8) is 0 Å². The van der Waals surface area contributed by atoms with Gasteiger partial charge in [-0.2, -0.15) is 0 Å². The lowest BCUT2D eigenvalue weighted by molar-refractivity contribution is -0.141. The number of nitrogens with zero attached hydrogens (tertiary/aromatic N) is 1. The topological polar surface area (TPSA) is 110 Å². The Morgan fingerprint density at radius 3 is 2.59 bits per heavy atom. The Kier molecular flexibility index (Phi) is 7.88. The van der Waals surface area contributed by atoms with Gasteiger partial charge in [-0.25, -0.2) is 4.39 Å². The Labute approximate surface area is 227 Å². The number of nitrogens with one attached hydrogen (secondary N) is 2. The number of hydrogen-bond acceptors (Lipinski definition) is 7. The fourth-order valence-electron chi connectivity index (χ4n) is 4.14. The van der Waals surface area contributed by atoms with Crippen LogP contribution in [0.25, 0.3) is 0 Å². The average Bonchev–Trinajstić information content (AvgIpc) is 3.74. The summed E-state index contributed by atoms with van der Waals surface area (Å²) in [5.41, 5.74) is 0.630. The van der Waals surface area contributed by atoms with E-state index < -0.39 is 36.1 Å². The molecule has 0 radical (unpaired) electrons. The summed E-state index contributed by atoms with van der Waals surface area (Å²) in [7, 11) is 0. The number of amides is 3. The predicted octanol–water partition coefficient (Wildman–Crippen LogP) is 4.03. The molecule has 11 heteroatoms. The van der Waals surface area contributed by atoms with Crippen LogP contribution in [0.5, 0.6) is 11.5 Å². The molecule has 3 amide bonds. The van der Waals surface area contributed by atoms with E-state index in [9.17, 15) is 14.4 Å². The Morgan fingerprint density at radius 2 is 1.82 bits per heavy atom. The number of furan rings is 1. The SMILES string of the molecule is O=C(NCC(=O)N(Cc1ccc2c(c1)OCO2)C(C(=O)NCc1ccco1)c1ccccc1F)c1cccs1. The summed E-state index contributed by atoms with van der Waals surface area (Å²) in [5.74, 6) is -0.730. The number of halogens is 1. The zero-order valence-electron chi connectivity index (χ0n) is 20.6. The highest BCUT2D eigenvalue weighted by Crippen LogP contribution is 2.34. The molecule has 0 saturated carbocycles. The molecule has 3 heterocycles. The minimum atomic E-state index is -1.35. The van der Waals surface area contributed by atoms with Gasteiger partial charge in [0.2, 0.25) is 18.6 Å². The fraction of sp³-hybridized carbons (Fsp3) is 0.179. The molecule has 1 unspecified atom stereocenters. The molecule has 0 bridgehead atoms. The van der Waals surface area contributed by atoms with Crippen LogP contribution in [0, 0.1) is 5.82 Å². The van der Waals surface area contributed by atoms with Crippen molar-refractivity contribution in [3.05, 3.63) is 106 Å². The van der Waals surface area contributed by atoms with Crippen LogP contribution in [0.2, 0.25) is 0 Å². The van der Waals surface area contributed by atoms with E-state index >= 15 is 4.39 Å². The minimum absolute atomic E-state index is 0.00752. The summed E-state index contributed by atoms with van der Waals surface area (Å²) >= 11 is 1.24. The maximum atomic E-state index is 15.1. The van der Waals surface area contributed by atoms with Gasteiger partial charge in [0, 0.05) is 12.1 Å². The molecule has 4 aromatic rings. The molecule has 0 fully saturated rings. The van der Waals surface area contributed by atoms with Gasteiger partial charge in [0.05, 0.1) is 24.2 Å². The zero-order chi connectivity index (χ0) is 27.2. The van der Waals surface area contributed by atoms with Crippen molar-refractivity contribution in [2.24, 2.45) is 0 Å². The highest BCUT2D eigenvalue weighted by atomic mass is 32.1. The molecular weight excluding hydrogens is 525 g/mol. The van der Waals surface area contributed by atoms with E-state index in [0.717, 1.165) is 0 Å². The van der Waals surface area contributed by atoms with Gasteiger partial charge < -0.3 is 29.4 Å². The number of carbonyl (C=O) groups excluding carboxylic acids is 3. The van der Waals surface area contributed by atoms with E-state index in [2.05, 4.69) is 10.6 Å². The van der Waals surface area contributed by atoms with Crippen LogP contribution in [0.3, 0.4) is 0 Å². The van der Waals surface area contributed by atoms with Crippen molar-refractivity contribution in [2.75, 3.05) is 13.3 Å². The molecule has 5 rings (SSSR count). The van der Waals surface area contributed by atoms with Gasteiger partial charge in [-0.1, -0.05) is 30.3 Å². The van der Waals surface area contributed by atoms with E-state index in [0.29, 0.717) is 27.7 Å². The van der Waals surface area contributed by atoms with Crippen LogP contribution in [0.15, 0.2) is 82.8 Å². The van der Waals surface area contributed by atoms with Crippen LogP contribution in [0.4, 0.5) is 4.39 Å². The lowest BCUT2D eigenvalue weighted by Gasteiger charge is -2.32. The van der Waals surface area contributed by atoms with E-state index in [1.165, 1.54) is 40.7 Å². The van der Waals surface area contributed by atoms with Crippen LogP contribution in [0.1, 0.15) is 32.6 Å². The standard InChI is InChI=1S/C28H24FN3O6S/c29-21-7-2-1-6-20(21)26(28(35)30-14-19-5-3-11-36-19)32(16-18-9-10-22-23(13-18)38-17-37-22)25(33)15-31-27(34)24-8-4-12-39-24/h1-13,26H,14-17H2,(H,30,35)(H,31,34). The van der Waals surface area contributed by atoms with Crippen LogP contribution < -0.4 is 20.1 Å². The number of ether oxygens (including phenoxy) is 2. The Morgan fingerprint density at radius 1 is 0.974 bits per heavy atom. The van der Waals surface area contributed by atoms with Crippen molar-refractivity contribution in [2.45, 2.75) is 19.1 Å². The van der Waals surface area contributed by atoms with Crippen molar-refractivity contribution in [1.29, 1.82) is 0 Å². The first-order valence-electron chi connectivity index (χ1n) is 12.0. The van der Waals surface area contributed by atoms with E-state index in [1.807, 2.05) is 0 Å². The molecule has 200 valence electrons. The van der Waals surface area contributed by atoms with Crippen molar-refractivity contribution >= 4 is 29.1 Å². The van der Waals surface area contributed by atoms with Crippen molar-refractivity contribution in [3.8, 4) is 11.5 Å². The predicted molar refractivity (Wildman–Crippen MR) is 139 cm³/mol. The average molecular weight is 550 g/mol. The first-order chi connectivity index (χ1) is 19.0. The van der Waals surface area contributed by atoms with Crippen molar-refractivity contribution in [1.82, 2.24) is 15.5 Å². The third-order valence-electron chi connectivity index (χ3n) is 6.03. The molecule has 2 aromatic carbocycles. The molecule has 9 nitrogen and oxygen atoms in total. The molecule has 2 N–H and O–H groups in total. The van der Waals surface area contributed by atoms with Crippen LogP contribution in [-0.2, 0) is 22.7 Å². The normalized spacial score (nSPS) is 12.5. The summed E-state index contributed by atoms with van der Waals surface area (Å²) in [5, 5.41) is 7.09.